The van der Waals surface area contributed by atoms with Crippen LogP contribution in [0, 0.1) is 23.2 Å². The third kappa shape index (κ3) is 11.1. The fraction of sp³-hybridized carbons (Fsp3) is 0.526. The average Bonchev–Trinajstić information content (AvgIpc) is 3.04. The van der Waals surface area contributed by atoms with Crippen molar-refractivity contribution < 1.29 is 14.7 Å². The lowest BCUT2D eigenvalue weighted by Crippen LogP contribution is -2.45. The second kappa shape index (κ2) is 20.7. The number of aryl methyl sites for hydroxylation is 1. The Morgan fingerprint density at radius 1 is 1.05 bits per heavy atom. The maximum Gasteiger partial charge on any atom is 0.122 e. The Bertz CT molecular complexity index is 1060. The van der Waals surface area contributed by atoms with Gasteiger partial charge < -0.3 is 14.7 Å². The van der Waals surface area contributed by atoms with Crippen LogP contribution in [0.4, 0.5) is 0 Å². The van der Waals surface area contributed by atoms with E-state index in [1.54, 1.807) is 23.8 Å². The number of fused-ring (bicyclic) bond motifs is 3. The summed E-state index contributed by atoms with van der Waals surface area (Å²) < 4.78 is 5.34. The van der Waals surface area contributed by atoms with Gasteiger partial charge in [-0.3, -0.25) is 0 Å². The van der Waals surface area contributed by atoms with Gasteiger partial charge in [0.1, 0.15) is 5.75 Å². The molecule has 2 aliphatic carbocycles. The smallest absolute Gasteiger partial charge is 0.122 e. The van der Waals surface area contributed by atoms with E-state index in [0.717, 1.165) is 40.6 Å². The third-order valence-electron chi connectivity index (χ3n) is 9.33. The predicted molar refractivity (Wildman–Crippen MR) is 186 cm³/mol. The second-order valence-electron chi connectivity index (χ2n) is 12.0. The molecule has 0 aliphatic heterocycles. The van der Waals surface area contributed by atoms with Crippen LogP contribution in [-0.4, -0.2) is 16.8 Å². The van der Waals surface area contributed by atoms with Gasteiger partial charge in [0.25, 0.3) is 0 Å². The van der Waals surface area contributed by atoms with E-state index in [2.05, 4.69) is 82.4 Å². The summed E-state index contributed by atoms with van der Waals surface area (Å²) in [4.78, 5) is 0. The number of aliphatic hydroxyl groups is 2. The molecular formula is C38H59O3P. The van der Waals surface area contributed by atoms with Crippen LogP contribution < -0.4 is 4.52 Å². The number of hydrogen-bond donors (Lipinski definition) is 2. The van der Waals surface area contributed by atoms with Crippen LogP contribution in [0.2, 0.25) is 0 Å². The highest BCUT2D eigenvalue weighted by molar-refractivity contribution is 7.10. The van der Waals surface area contributed by atoms with Crippen LogP contribution in [0.3, 0.4) is 0 Å². The molecule has 2 aliphatic rings. The molecule has 0 radical (unpaired) electrons. The molecule has 3 nitrogen and oxygen atoms in total. The highest BCUT2D eigenvalue weighted by Crippen LogP contribution is 2.58. The Morgan fingerprint density at radius 3 is 2.14 bits per heavy atom. The SMILES string of the molecule is C=C/C=C(\C=C)CO.CCC1C2CCc3cc(OP)ccc3C2CCC1(C)C(C)C.CCCC.OCc1ccccc1. The van der Waals surface area contributed by atoms with Gasteiger partial charge in [0.2, 0.25) is 0 Å². The molecule has 1 saturated carbocycles. The first kappa shape index (κ1) is 37.8. The number of allylic oxidation sites excluding steroid dienone is 2. The lowest BCUT2D eigenvalue weighted by Gasteiger charge is -2.54. The molecule has 2 N–H and O–H groups in total. The Morgan fingerprint density at radius 2 is 1.71 bits per heavy atom. The lowest BCUT2D eigenvalue weighted by atomic mass is 9.51. The summed E-state index contributed by atoms with van der Waals surface area (Å²) in [5.74, 6) is 4.29. The van der Waals surface area contributed by atoms with E-state index in [-0.39, 0.29) is 13.2 Å². The van der Waals surface area contributed by atoms with Gasteiger partial charge in [-0.05, 0) is 89.2 Å². The highest BCUT2D eigenvalue weighted by Gasteiger charge is 2.48. The molecule has 0 aromatic heterocycles. The van der Waals surface area contributed by atoms with E-state index in [1.807, 2.05) is 30.3 Å². The van der Waals surface area contributed by atoms with Crippen LogP contribution in [0.5, 0.6) is 5.75 Å². The average molecular weight is 595 g/mol. The summed E-state index contributed by atoms with van der Waals surface area (Å²) in [6.45, 7) is 21.3. The number of rotatable bonds is 8. The third-order valence-corrected chi connectivity index (χ3v) is 9.60. The first-order valence-corrected chi connectivity index (χ1v) is 16.4. The fourth-order valence-corrected chi connectivity index (χ4v) is 6.53. The summed E-state index contributed by atoms with van der Waals surface area (Å²) in [6.07, 6.45) is 14.2. The zero-order chi connectivity index (χ0) is 31.5. The van der Waals surface area contributed by atoms with Gasteiger partial charge in [-0.1, -0.05) is 129 Å². The first-order chi connectivity index (χ1) is 20.2. The van der Waals surface area contributed by atoms with Crippen molar-refractivity contribution >= 4 is 9.47 Å². The molecule has 0 amide bonds. The van der Waals surface area contributed by atoms with Crippen LogP contribution in [0.1, 0.15) is 103 Å². The van der Waals surface area contributed by atoms with Crippen molar-refractivity contribution in [1.29, 1.82) is 0 Å². The summed E-state index contributed by atoms with van der Waals surface area (Å²) in [7, 11) is 2.37. The Balaban J connectivity index is 0.000000361. The zero-order valence-corrected chi connectivity index (χ0v) is 28.5. The minimum absolute atomic E-state index is 0.0372. The van der Waals surface area contributed by atoms with E-state index in [0.29, 0.717) is 5.41 Å². The molecule has 4 heteroatoms. The molecule has 0 saturated heterocycles. The van der Waals surface area contributed by atoms with Crippen molar-refractivity contribution in [2.75, 3.05) is 6.61 Å². The van der Waals surface area contributed by atoms with Gasteiger partial charge in [0.05, 0.1) is 22.7 Å². The second-order valence-corrected chi connectivity index (χ2v) is 12.2. The number of aliphatic hydroxyl groups excluding tert-OH is 2. The predicted octanol–water partition coefficient (Wildman–Crippen LogP) is 10.2. The van der Waals surface area contributed by atoms with E-state index in [9.17, 15) is 0 Å². The zero-order valence-electron chi connectivity index (χ0n) is 27.3. The van der Waals surface area contributed by atoms with E-state index < -0.39 is 0 Å². The highest BCUT2D eigenvalue weighted by atomic mass is 31.0. The molecule has 2 aromatic carbocycles. The van der Waals surface area contributed by atoms with Gasteiger partial charge in [0.15, 0.2) is 0 Å². The molecule has 0 bridgehead atoms. The lowest BCUT2D eigenvalue weighted by molar-refractivity contribution is -0.00743. The van der Waals surface area contributed by atoms with Crippen LogP contribution in [-0.2, 0) is 13.0 Å². The maximum atomic E-state index is 8.54. The quantitative estimate of drug-likeness (QED) is 0.236. The molecule has 5 atom stereocenters. The van der Waals surface area contributed by atoms with Crippen LogP contribution in [0.25, 0.3) is 0 Å². The van der Waals surface area contributed by atoms with Crippen LogP contribution >= 0.6 is 9.47 Å². The fourth-order valence-electron chi connectivity index (χ4n) is 6.39. The summed E-state index contributed by atoms with van der Waals surface area (Å²) in [6, 6.07) is 16.3. The molecule has 42 heavy (non-hydrogen) atoms. The summed E-state index contributed by atoms with van der Waals surface area (Å²) in [5, 5.41) is 17.0. The minimum atomic E-state index is 0.0372. The van der Waals surface area contributed by atoms with E-state index in [1.165, 1.54) is 50.5 Å². The Labute approximate surface area is 260 Å². The van der Waals surface area contributed by atoms with Gasteiger partial charge in [-0.2, -0.15) is 0 Å². The van der Waals surface area contributed by atoms with E-state index in [4.69, 9.17) is 14.7 Å². The molecule has 1 fully saturated rings. The van der Waals surface area contributed by atoms with Crippen molar-refractivity contribution in [1.82, 2.24) is 0 Å². The topological polar surface area (TPSA) is 49.7 Å². The molecule has 2 aromatic rings. The molecule has 0 spiro atoms. The minimum Gasteiger partial charge on any atom is -0.480 e. The Hall–Kier alpha value is -2.19. The van der Waals surface area contributed by atoms with Crippen molar-refractivity contribution in [3.63, 3.8) is 0 Å². The number of unbranched alkanes of at least 4 members (excludes halogenated alkanes) is 1. The molecule has 5 unspecified atom stereocenters. The first-order valence-electron chi connectivity index (χ1n) is 15.9. The van der Waals surface area contributed by atoms with E-state index >= 15 is 0 Å². The largest absolute Gasteiger partial charge is 0.480 e. The normalized spacial score (nSPS) is 22.4. The standard InChI is InChI=1S/C20H31OP.C7H8O.C7H10O.C4H10/c1-5-19-18-8-6-14-12-15(21-22)7-9-16(14)17(18)10-11-20(19,4)13(2)3;8-6-7-4-2-1-3-5-7;1-3-5-7(4-2)6-8;1-3-4-2/h7,9,12-13,17-19H,5-6,8,10-11,22H2,1-4H3;1-5,8H,6H2;3-5,8H,1-2,6H2;3-4H2,1-2H3/b;;7-5+;. The van der Waals surface area contributed by atoms with Crippen molar-refractivity contribution in [3.05, 3.63) is 102 Å². The summed E-state index contributed by atoms with van der Waals surface area (Å²) >= 11 is 0. The van der Waals surface area contributed by atoms with Crippen molar-refractivity contribution in [2.24, 2.45) is 23.2 Å². The van der Waals surface area contributed by atoms with Crippen LogP contribution in [0.15, 0.2) is 85.5 Å². The number of benzene rings is 2. The number of hydrogen-bond acceptors (Lipinski definition) is 3. The van der Waals surface area contributed by atoms with Crippen molar-refractivity contribution in [3.8, 4) is 5.75 Å². The monoisotopic (exact) mass is 594 g/mol. The van der Waals surface area contributed by atoms with Gasteiger partial charge >= 0.3 is 0 Å². The van der Waals surface area contributed by atoms with Crippen molar-refractivity contribution in [2.45, 2.75) is 99.0 Å². The van der Waals surface area contributed by atoms with Gasteiger partial charge in [-0.25, -0.2) is 0 Å². The maximum absolute atomic E-state index is 8.54. The van der Waals surface area contributed by atoms with Gasteiger partial charge in [-0.15, -0.1) is 0 Å². The molecule has 0 heterocycles. The summed E-state index contributed by atoms with van der Waals surface area (Å²) in [5.41, 5.74) is 5.43. The molecule has 4 rings (SSSR count). The molecular weight excluding hydrogens is 535 g/mol. The Kier molecular flexibility index (Phi) is 18.6. The molecule has 234 valence electrons. The van der Waals surface area contributed by atoms with Gasteiger partial charge in [0, 0.05) is 0 Å².